The van der Waals surface area contributed by atoms with Crippen molar-refractivity contribution < 1.29 is 9.21 Å². The van der Waals surface area contributed by atoms with Crippen LogP contribution >= 0.6 is 0 Å². The Morgan fingerprint density at radius 1 is 1.24 bits per heavy atom. The van der Waals surface area contributed by atoms with Gasteiger partial charge in [0.15, 0.2) is 0 Å². The molecule has 7 nitrogen and oxygen atoms in total. The summed E-state index contributed by atoms with van der Waals surface area (Å²) < 4.78 is 7.06. The maximum absolute atomic E-state index is 12.2. The van der Waals surface area contributed by atoms with Crippen LogP contribution in [0.3, 0.4) is 0 Å². The summed E-state index contributed by atoms with van der Waals surface area (Å²) in [5, 5.41) is 0.911. The van der Waals surface area contributed by atoms with E-state index in [-0.39, 0.29) is 18.1 Å². The van der Waals surface area contributed by atoms with Crippen molar-refractivity contribution >= 4 is 16.7 Å². The zero-order valence-corrected chi connectivity index (χ0v) is 13.8. The van der Waals surface area contributed by atoms with E-state index >= 15 is 0 Å². The number of fused-ring (bicyclic) bond motifs is 1. The molecular formula is C18H15N5O2. The molecule has 4 aromatic rings. The van der Waals surface area contributed by atoms with E-state index in [2.05, 4.69) is 19.9 Å². The molecule has 0 aliphatic carbocycles. The zero-order valence-electron chi connectivity index (χ0n) is 13.8. The number of Topliss-reactive ketones (excluding diaryl/α,β-unsaturated/α-hetero) is 1. The van der Waals surface area contributed by atoms with E-state index in [1.807, 2.05) is 29.8 Å². The molecule has 0 fully saturated rings. The summed E-state index contributed by atoms with van der Waals surface area (Å²) in [7, 11) is 1.92. The summed E-state index contributed by atoms with van der Waals surface area (Å²) in [6.45, 7) is 1.78. The Kier molecular flexibility index (Phi) is 3.61. The smallest absolute Gasteiger partial charge is 0.263 e. The zero-order chi connectivity index (χ0) is 17.4. The van der Waals surface area contributed by atoms with Crippen molar-refractivity contribution in [1.29, 1.82) is 0 Å². The fourth-order valence-electron chi connectivity index (χ4n) is 2.62. The lowest BCUT2D eigenvalue weighted by Crippen LogP contribution is -2.05. The Balaban J connectivity index is 1.67. The van der Waals surface area contributed by atoms with Gasteiger partial charge < -0.3 is 8.98 Å². The van der Waals surface area contributed by atoms with Crippen LogP contribution in [0.5, 0.6) is 0 Å². The maximum Gasteiger partial charge on any atom is 0.263 e. The number of ketones is 1. The minimum Gasteiger partial charge on any atom is -0.442 e. The van der Waals surface area contributed by atoms with Gasteiger partial charge in [-0.2, -0.15) is 0 Å². The summed E-state index contributed by atoms with van der Waals surface area (Å²) in [5.74, 6) is -0.0984. The average Bonchev–Trinajstić information content (AvgIpc) is 3.22. The van der Waals surface area contributed by atoms with Crippen LogP contribution in [0.1, 0.15) is 22.1 Å². The summed E-state index contributed by atoms with van der Waals surface area (Å²) in [4.78, 5) is 29.4. The standard InChI is InChI=1S/C18H15N5O2/c1-11-9-25-18(21-11)17(24)6-13-5-15-12(7-20-13)3-4-14(22-15)16-8-19-10-23(16)2/h3-5,7-10H,6H2,1-2H3. The number of aromatic nitrogens is 5. The Morgan fingerprint density at radius 2 is 2.12 bits per heavy atom. The number of pyridine rings is 2. The van der Waals surface area contributed by atoms with Crippen LogP contribution in [-0.2, 0) is 13.5 Å². The third kappa shape index (κ3) is 2.91. The fourth-order valence-corrected chi connectivity index (χ4v) is 2.62. The third-order valence-electron chi connectivity index (χ3n) is 3.91. The lowest BCUT2D eigenvalue weighted by Gasteiger charge is -2.05. The van der Waals surface area contributed by atoms with Crippen molar-refractivity contribution in [1.82, 2.24) is 24.5 Å². The van der Waals surface area contributed by atoms with E-state index in [1.165, 1.54) is 6.26 Å². The van der Waals surface area contributed by atoms with E-state index in [1.54, 1.807) is 25.6 Å². The van der Waals surface area contributed by atoms with Gasteiger partial charge >= 0.3 is 0 Å². The first-order chi connectivity index (χ1) is 12.1. The van der Waals surface area contributed by atoms with E-state index in [0.717, 1.165) is 22.3 Å². The molecular weight excluding hydrogens is 318 g/mol. The van der Waals surface area contributed by atoms with E-state index in [9.17, 15) is 4.79 Å². The number of imidazole rings is 1. The van der Waals surface area contributed by atoms with Gasteiger partial charge in [-0.1, -0.05) is 0 Å². The van der Waals surface area contributed by atoms with E-state index in [0.29, 0.717) is 11.4 Å². The molecule has 4 aromatic heterocycles. The first kappa shape index (κ1) is 15.2. The maximum atomic E-state index is 12.2. The van der Waals surface area contributed by atoms with Crippen molar-refractivity contribution in [3.63, 3.8) is 0 Å². The summed E-state index contributed by atoms with van der Waals surface area (Å²) in [5.41, 5.74) is 3.83. The van der Waals surface area contributed by atoms with Crippen molar-refractivity contribution in [2.45, 2.75) is 13.3 Å². The minimum atomic E-state index is -0.206. The molecule has 124 valence electrons. The summed E-state index contributed by atoms with van der Waals surface area (Å²) in [6.07, 6.45) is 6.80. The second-order valence-corrected chi connectivity index (χ2v) is 5.85. The van der Waals surface area contributed by atoms with Gasteiger partial charge in [-0.25, -0.2) is 15.0 Å². The normalized spacial score (nSPS) is 11.1. The van der Waals surface area contributed by atoms with E-state index in [4.69, 9.17) is 4.42 Å². The van der Waals surface area contributed by atoms with Crippen LogP contribution in [0.4, 0.5) is 0 Å². The van der Waals surface area contributed by atoms with Crippen LogP contribution in [0.25, 0.3) is 22.3 Å². The largest absolute Gasteiger partial charge is 0.442 e. The van der Waals surface area contributed by atoms with Gasteiger partial charge in [-0.05, 0) is 25.1 Å². The van der Waals surface area contributed by atoms with Crippen LogP contribution in [0.15, 0.2) is 47.6 Å². The molecule has 7 heteroatoms. The Hall–Kier alpha value is -3.35. The number of carbonyl (C=O) groups is 1. The lowest BCUT2D eigenvalue weighted by molar-refractivity contribution is 0.0958. The summed E-state index contributed by atoms with van der Waals surface area (Å²) in [6, 6.07) is 5.71. The monoisotopic (exact) mass is 333 g/mol. The highest BCUT2D eigenvalue weighted by atomic mass is 16.3. The van der Waals surface area contributed by atoms with Crippen molar-refractivity contribution in [2.24, 2.45) is 7.05 Å². The average molecular weight is 333 g/mol. The molecule has 0 unspecified atom stereocenters. The Bertz CT molecular complexity index is 1080. The predicted molar refractivity (Wildman–Crippen MR) is 91.0 cm³/mol. The van der Waals surface area contributed by atoms with Gasteiger partial charge in [0.05, 0.1) is 47.2 Å². The van der Waals surface area contributed by atoms with Gasteiger partial charge in [-0.15, -0.1) is 0 Å². The fraction of sp³-hybridized carbons (Fsp3) is 0.167. The van der Waals surface area contributed by atoms with Crippen LogP contribution in [0, 0.1) is 6.92 Å². The van der Waals surface area contributed by atoms with Crippen LogP contribution < -0.4 is 0 Å². The van der Waals surface area contributed by atoms with Crippen molar-refractivity contribution in [3.8, 4) is 11.4 Å². The number of nitrogens with zero attached hydrogens (tertiary/aromatic N) is 5. The highest BCUT2D eigenvalue weighted by Gasteiger charge is 2.14. The molecule has 25 heavy (non-hydrogen) atoms. The molecule has 4 heterocycles. The molecule has 0 radical (unpaired) electrons. The molecule has 0 saturated heterocycles. The number of oxazole rings is 1. The number of rotatable bonds is 4. The lowest BCUT2D eigenvalue weighted by atomic mass is 10.1. The molecule has 0 atom stereocenters. The quantitative estimate of drug-likeness (QED) is 0.534. The molecule has 0 saturated carbocycles. The van der Waals surface area contributed by atoms with Crippen LogP contribution in [0.2, 0.25) is 0 Å². The molecule has 0 spiro atoms. The first-order valence-corrected chi connectivity index (χ1v) is 7.78. The van der Waals surface area contributed by atoms with Crippen LogP contribution in [-0.4, -0.2) is 30.3 Å². The number of aryl methyl sites for hydroxylation is 2. The molecule has 0 aliphatic rings. The SMILES string of the molecule is Cc1coc(C(=O)Cc2cc3nc(-c4cncn4C)ccc3cn2)n1. The second-order valence-electron chi connectivity index (χ2n) is 5.85. The van der Waals surface area contributed by atoms with Gasteiger partial charge in [0, 0.05) is 18.6 Å². The Morgan fingerprint density at radius 3 is 2.84 bits per heavy atom. The highest BCUT2D eigenvalue weighted by Crippen LogP contribution is 2.20. The number of carbonyl (C=O) groups excluding carboxylic acids is 1. The molecule has 0 bridgehead atoms. The first-order valence-electron chi connectivity index (χ1n) is 7.78. The van der Waals surface area contributed by atoms with Gasteiger partial charge in [0.1, 0.15) is 6.26 Å². The number of hydrogen-bond donors (Lipinski definition) is 0. The molecule has 0 N–H and O–H groups in total. The second kappa shape index (κ2) is 5.94. The minimum absolute atomic E-state index is 0.107. The highest BCUT2D eigenvalue weighted by molar-refractivity contribution is 5.93. The van der Waals surface area contributed by atoms with Gasteiger partial charge in [0.25, 0.3) is 5.89 Å². The molecule has 4 rings (SSSR count). The summed E-state index contributed by atoms with van der Waals surface area (Å²) >= 11 is 0. The molecule has 0 aromatic carbocycles. The Labute approximate surface area is 143 Å². The van der Waals surface area contributed by atoms with Crippen molar-refractivity contribution in [2.75, 3.05) is 0 Å². The molecule has 0 amide bonds. The third-order valence-corrected chi connectivity index (χ3v) is 3.91. The predicted octanol–water partition coefficient (Wildman–Crippen LogP) is 2.75. The van der Waals surface area contributed by atoms with Gasteiger partial charge in [0.2, 0.25) is 5.78 Å². The van der Waals surface area contributed by atoms with Gasteiger partial charge in [-0.3, -0.25) is 9.78 Å². The van der Waals surface area contributed by atoms with Crippen molar-refractivity contribution in [3.05, 3.63) is 60.5 Å². The van der Waals surface area contributed by atoms with E-state index < -0.39 is 0 Å². The molecule has 0 aliphatic heterocycles. The topological polar surface area (TPSA) is 86.7 Å². The number of hydrogen-bond acceptors (Lipinski definition) is 6.